The van der Waals surface area contributed by atoms with Crippen LogP contribution in [-0.4, -0.2) is 142 Å². The van der Waals surface area contributed by atoms with Crippen LogP contribution in [0.5, 0.6) is 23.0 Å². The van der Waals surface area contributed by atoms with Gasteiger partial charge in [-0.25, -0.2) is 0 Å². The maximum Gasteiger partial charge on any atom is 0.310 e. The van der Waals surface area contributed by atoms with E-state index in [1.165, 1.54) is 44.6 Å². The number of aliphatic hydroxyl groups excluding tert-OH is 5. The van der Waals surface area contributed by atoms with Crippen molar-refractivity contribution in [2.24, 2.45) is 11.8 Å². The van der Waals surface area contributed by atoms with Crippen LogP contribution in [0.2, 0.25) is 0 Å². The zero-order valence-corrected chi connectivity index (χ0v) is 27.7. The number of carbonyl (C=O) groups is 3. The third-order valence-corrected chi connectivity index (χ3v) is 10.3. The van der Waals surface area contributed by atoms with Crippen molar-refractivity contribution in [3.63, 3.8) is 0 Å². The van der Waals surface area contributed by atoms with E-state index in [-0.39, 0.29) is 23.0 Å². The van der Waals surface area contributed by atoms with Gasteiger partial charge in [-0.1, -0.05) is 12.1 Å². The molecule has 51 heavy (non-hydrogen) atoms. The Labute approximate surface area is 290 Å². The Morgan fingerprint density at radius 2 is 1.35 bits per heavy atom. The molecule has 278 valence electrons. The van der Waals surface area contributed by atoms with Gasteiger partial charge in [0.05, 0.1) is 32.7 Å². The van der Waals surface area contributed by atoms with E-state index in [1.807, 2.05) is 0 Å². The van der Waals surface area contributed by atoms with E-state index in [2.05, 4.69) is 0 Å². The molecule has 4 fully saturated rings. The van der Waals surface area contributed by atoms with Gasteiger partial charge in [-0.15, -0.1) is 0 Å². The monoisotopic (exact) mass is 720 g/mol. The lowest BCUT2D eigenvalue weighted by molar-refractivity contribution is -0.293. The molecule has 7 N–H and O–H groups in total. The first-order valence-corrected chi connectivity index (χ1v) is 16.2. The normalized spacial score (nSPS) is 37.6. The number of carbonyl (C=O) groups excluding carboxylic acids is 3. The van der Waals surface area contributed by atoms with Crippen molar-refractivity contribution >= 4 is 17.9 Å². The van der Waals surface area contributed by atoms with Gasteiger partial charge in [-0.2, -0.15) is 0 Å². The smallest absolute Gasteiger partial charge is 0.310 e. The van der Waals surface area contributed by atoms with E-state index in [4.69, 9.17) is 33.2 Å². The SMILES string of the molecule is COc1cc([C@@H]2[C@H]3C(=O)OC4[C@@H](O)[C@@H](CO)O[C@]4([C@H]4O[C@H](COC(C)=O)[C@@H](O)[C@H](O)[C@H]4O)COC(=O)[C@H]3[C@@H]2c2ccc(O)c(OC)c2)ccc1O. The van der Waals surface area contributed by atoms with Gasteiger partial charge >= 0.3 is 17.9 Å². The Morgan fingerprint density at radius 1 is 0.784 bits per heavy atom. The Bertz CT molecular complexity index is 1650. The largest absolute Gasteiger partial charge is 0.504 e. The van der Waals surface area contributed by atoms with Crippen LogP contribution in [0.15, 0.2) is 36.4 Å². The number of rotatable bonds is 8. The van der Waals surface area contributed by atoms with Crippen molar-refractivity contribution < 1.29 is 83.3 Å². The van der Waals surface area contributed by atoms with Crippen molar-refractivity contribution in [2.75, 3.05) is 34.0 Å². The predicted octanol–water partition coefficient (Wildman–Crippen LogP) is -1.40. The molecule has 3 saturated heterocycles. The first-order valence-electron chi connectivity index (χ1n) is 16.2. The highest BCUT2D eigenvalue weighted by atomic mass is 16.7. The Balaban J connectivity index is 1.45. The fourth-order valence-corrected chi connectivity index (χ4v) is 7.79. The minimum atomic E-state index is -2.27. The number of hydrogen-bond donors (Lipinski definition) is 7. The molecule has 1 unspecified atom stereocenters. The number of benzene rings is 2. The minimum absolute atomic E-state index is 0.0777. The maximum absolute atomic E-state index is 14.4. The van der Waals surface area contributed by atoms with E-state index >= 15 is 0 Å². The number of esters is 3. The molecule has 17 nitrogen and oxygen atoms in total. The van der Waals surface area contributed by atoms with Crippen molar-refractivity contribution in [2.45, 2.75) is 73.2 Å². The van der Waals surface area contributed by atoms with Crippen LogP contribution in [0.3, 0.4) is 0 Å². The van der Waals surface area contributed by atoms with Crippen LogP contribution in [0.25, 0.3) is 0 Å². The van der Waals surface area contributed by atoms with Crippen LogP contribution in [0, 0.1) is 11.8 Å². The topological polar surface area (TPSA) is 257 Å². The lowest BCUT2D eigenvalue weighted by atomic mass is 9.52. The highest BCUT2D eigenvalue weighted by Gasteiger charge is 2.69. The van der Waals surface area contributed by atoms with Gasteiger partial charge in [0.15, 0.2) is 34.7 Å². The quantitative estimate of drug-likeness (QED) is 0.122. The highest BCUT2D eigenvalue weighted by molar-refractivity contribution is 5.88. The average Bonchev–Trinajstić information content (AvgIpc) is 3.38. The number of phenolic OH excluding ortho intramolecular Hbond substituents is 2. The fraction of sp³-hybridized carbons (Fsp3) is 0.559. The summed E-state index contributed by atoms with van der Waals surface area (Å²) >= 11 is 0. The van der Waals surface area contributed by atoms with E-state index in [1.54, 1.807) is 6.07 Å². The molecule has 2 aromatic rings. The summed E-state index contributed by atoms with van der Waals surface area (Å²) in [6.07, 6.45) is -14.0. The third-order valence-electron chi connectivity index (χ3n) is 10.3. The predicted molar refractivity (Wildman–Crippen MR) is 167 cm³/mol. The van der Waals surface area contributed by atoms with Crippen LogP contribution < -0.4 is 9.47 Å². The van der Waals surface area contributed by atoms with Crippen LogP contribution in [-0.2, 0) is 38.1 Å². The van der Waals surface area contributed by atoms with Crippen LogP contribution in [0.4, 0.5) is 0 Å². The lowest BCUT2D eigenvalue weighted by Crippen LogP contribution is -2.69. The zero-order chi connectivity index (χ0) is 36.9. The molecule has 0 aromatic heterocycles. The number of methoxy groups -OCH3 is 2. The molecule has 3 aliphatic heterocycles. The molecule has 4 aliphatic rings. The summed E-state index contributed by atoms with van der Waals surface area (Å²) in [7, 11) is 2.68. The van der Waals surface area contributed by atoms with Gasteiger partial charge < -0.3 is 68.9 Å². The molecule has 0 amide bonds. The molecule has 17 heteroatoms. The molecule has 3 heterocycles. The number of phenols is 2. The van der Waals surface area contributed by atoms with Crippen molar-refractivity contribution in [3.05, 3.63) is 47.5 Å². The summed E-state index contributed by atoms with van der Waals surface area (Å²) in [6, 6.07) is 8.80. The Kier molecular flexibility index (Phi) is 10.1. The minimum Gasteiger partial charge on any atom is -0.504 e. The fourth-order valence-electron chi connectivity index (χ4n) is 7.79. The molecule has 0 bridgehead atoms. The summed E-state index contributed by atoms with van der Waals surface area (Å²) in [6.45, 7) is -1.14. The second-order valence-electron chi connectivity index (χ2n) is 13.1. The van der Waals surface area contributed by atoms with E-state index < -0.39 is 116 Å². The molecular weight excluding hydrogens is 680 g/mol. The Hall–Kier alpha value is -4.23. The Morgan fingerprint density at radius 3 is 1.88 bits per heavy atom. The van der Waals surface area contributed by atoms with Crippen molar-refractivity contribution in [1.29, 1.82) is 0 Å². The number of ether oxygens (including phenoxy) is 7. The molecule has 1 saturated carbocycles. The van der Waals surface area contributed by atoms with Crippen molar-refractivity contribution in [1.82, 2.24) is 0 Å². The summed E-state index contributed by atoms with van der Waals surface area (Å²) in [5.74, 6) is -7.05. The average molecular weight is 721 g/mol. The van der Waals surface area contributed by atoms with Crippen molar-refractivity contribution in [3.8, 4) is 23.0 Å². The number of fused-ring (bicyclic) bond motifs is 2. The second-order valence-corrected chi connectivity index (χ2v) is 13.1. The van der Waals surface area contributed by atoms with Gasteiger partial charge in [-0.05, 0) is 35.4 Å². The lowest BCUT2D eigenvalue weighted by Gasteiger charge is -2.49. The highest BCUT2D eigenvalue weighted by Crippen LogP contribution is 2.61. The first-order chi connectivity index (χ1) is 24.3. The van der Waals surface area contributed by atoms with Gasteiger partial charge in [-0.3, -0.25) is 14.4 Å². The number of aliphatic hydroxyl groups is 5. The molecule has 6 rings (SSSR count). The summed E-state index contributed by atoms with van der Waals surface area (Å²) < 4.78 is 39.3. The molecule has 1 aliphatic carbocycles. The summed E-state index contributed by atoms with van der Waals surface area (Å²) in [5, 5.41) is 74.8. The zero-order valence-electron chi connectivity index (χ0n) is 27.7. The molecular formula is C34H40O17. The van der Waals surface area contributed by atoms with Crippen LogP contribution >= 0.6 is 0 Å². The standard InChI is InChI=1S/C34H40O17/c1-13(36)47-11-21-26(39)28(41)29(42)31(49-21)34-12-48-32(43)24-22(14-4-6-16(37)18(8-14)45-2)23(15-5-7-17(38)19(9-15)46-3)25(24)33(44)50-30(34)27(40)20(10-35)51-34/h4-9,20-31,35,37-42H,10-12H2,1-3H3/t20-,21-,22-,23+,24+,25-,26-,27+,28+,29-,30?,31+,34-/m1/s1. The molecule has 0 spiro atoms. The summed E-state index contributed by atoms with van der Waals surface area (Å²) in [4.78, 5) is 40.1. The first kappa shape index (κ1) is 36.6. The second kappa shape index (κ2) is 14.1. The van der Waals surface area contributed by atoms with Gasteiger partial charge in [0.25, 0.3) is 0 Å². The maximum atomic E-state index is 14.4. The van der Waals surface area contributed by atoms with E-state index in [0.717, 1.165) is 6.92 Å². The van der Waals surface area contributed by atoms with Gasteiger partial charge in [0.1, 0.15) is 55.9 Å². The molecule has 13 atom stereocenters. The molecule has 2 aromatic carbocycles. The third kappa shape index (κ3) is 6.11. The number of aromatic hydroxyl groups is 2. The van der Waals surface area contributed by atoms with E-state index in [9.17, 15) is 50.1 Å². The van der Waals surface area contributed by atoms with Gasteiger partial charge in [0, 0.05) is 18.8 Å². The summed E-state index contributed by atoms with van der Waals surface area (Å²) in [5.41, 5.74) is -1.35. The number of cyclic esters (lactones) is 1. The number of hydrogen-bond acceptors (Lipinski definition) is 17. The van der Waals surface area contributed by atoms with E-state index in [0.29, 0.717) is 11.1 Å². The van der Waals surface area contributed by atoms with Crippen LogP contribution in [0.1, 0.15) is 29.9 Å². The van der Waals surface area contributed by atoms with Gasteiger partial charge in [0.2, 0.25) is 0 Å². The molecule has 0 radical (unpaired) electrons.